The summed E-state index contributed by atoms with van der Waals surface area (Å²) in [5, 5.41) is 11.6. The first-order valence-corrected chi connectivity index (χ1v) is 8.60. The Morgan fingerprint density at radius 1 is 1.27 bits per heavy atom. The highest BCUT2D eigenvalue weighted by molar-refractivity contribution is 14.0. The number of unbranched alkanes of at least 4 members (excludes halogenated alkanes) is 1. The van der Waals surface area contributed by atoms with Gasteiger partial charge in [-0.05, 0) is 31.0 Å². The van der Waals surface area contributed by atoms with Crippen molar-refractivity contribution < 1.29 is 4.39 Å². The van der Waals surface area contributed by atoms with Crippen LogP contribution in [0.4, 0.5) is 4.39 Å². The van der Waals surface area contributed by atoms with Gasteiger partial charge in [0.05, 0.1) is 0 Å². The number of nitrogens with zero attached hydrogens (tertiary/aromatic N) is 5. The van der Waals surface area contributed by atoms with Crippen LogP contribution in [0.25, 0.3) is 0 Å². The molecule has 0 aliphatic rings. The van der Waals surface area contributed by atoms with Crippen molar-refractivity contribution in [3.8, 4) is 0 Å². The third-order valence-electron chi connectivity index (χ3n) is 4.06. The van der Waals surface area contributed by atoms with E-state index in [1.54, 1.807) is 12.1 Å². The van der Waals surface area contributed by atoms with E-state index in [1.165, 1.54) is 12.1 Å². The fourth-order valence-corrected chi connectivity index (χ4v) is 2.36. The number of hydrogen-bond donors (Lipinski definition) is 1. The third kappa shape index (κ3) is 6.54. The maximum absolute atomic E-state index is 13.1. The number of aryl methyl sites for hydroxylation is 1. The topological polar surface area (TPSA) is 58.3 Å². The second-order valence-corrected chi connectivity index (χ2v) is 6.13. The predicted molar refractivity (Wildman–Crippen MR) is 113 cm³/mol. The van der Waals surface area contributed by atoms with Gasteiger partial charge in [-0.25, -0.2) is 9.38 Å². The van der Waals surface area contributed by atoms with Crippen LogP contribution in [0.15, 0.2) is 29.3 Å². The molecule has 1 aromatic heterocycles. The molecule has 0 atom stereocenters. The van der Waals surface area contributed by atoms with Gasteiger partial charge >= 0.3 is 0 Å². The molecule has 2 rings (SSSR count). The van der Waals surface area contributed by atoms with E-state index < -0.39 is 0 Å². The van der Waals surface area contributed by atoms with Crippen molar-refractivity contribution in [2.45, 2.75) is 39.8 Å². The summed E-state index contributed by atoms with van der Waals surface area (Å²) in [6.07, 6.45) is 2.19. The lowest BCUT2D eigenvalue weighted by molar-refractivity contribution is 0.472. The molecular weight excluding hydrogens is 446 g/mol. The lowest BCUT2D eigenvalue weighted by atomic mass is 10.2. The first-order chi connectivity index (χ1) is 12.0. The minimum absolute atomic E-state index is 0. The second-order valence-electron chi connectivity index (χ2n) is 6.13. The molecule has 8 heteroatoms. The number of aromatic nitrogens is 3. The number of nitrogens with one attached hydrogen (secondary N) is 1. The van der Waals surface area contributed by atoms with Crippen molar-refractivity contribution in [3.63, 3.8) is 0 Å². The Labute approximate surface area is 171 Å². The smallest absolute Gasteiger partial charge is 0.194 e. The van der Waals surface area contributed by atoms with Gasteiger partial charge in [-0.15, -0.1) is 34.2 Å². The molecule has 1 N–H and O–H groups in total. The van der Waals surface area contributed by atoms with E-state index in [4.69, 9.17) is 0 Å². The lowest BCUT2D eigenvalue weighted by Crippen LogP contribution is -2.39. The standard InChI is InChI=1S/C18H27FN6.HI/c1-5-6-11-20-18(21-12-17-23-22-14(2)25(17)4)24(3)13-15-7-9-16(19)10-8-15;/h7-10H,5-6,11-13H2,1-4H3,(H,20,21);1H. The van der Waals surface area contributed by atoms with Crippen LogP contribution in [0.5, 0.6) is 0 Å². The van der Waals surface area contributed by atoms with Crippen LogP contribution < -0.4 is 5.32 Å². The molecular formula is C18H28FIN6. The van der Waals surface area contributed by atoms with Crippen LogP contribution in [0.3, 0.4) is 0 Å². The van der Waals surface area contributed by atoms with Crippen molar-refractivity contribution in [2.75, 3.05) is 13.6 Å². The quantitative estimate of drug-likeness (QED) is 0.290. The molecule has 6 nitrogen and oxygen atoms in total. The van der Waals surface area contributed by atoms with Crippen molar-refractivity contribution in [2.24, 2.45) is 12.0 Å². The first-order valence-electron chi connectivity index (χ1n) is 8.60. The van der Waals surface area contributed by atoms with E-state index in [0.717, 1.165) is 42.6 Å². The highest BCUT2D eigenvalue weighted by Crippen LogP contribution is 2.07. The maximum atomic E-state index is 13.1. The molecule has 0 radical (unpaired) electrons. The number of halogens is 2. The average molecular weight is 474 g/mol. The van der Waals surface area contributed by atoms with E-state index in [-0.39, 0.29) is 29.8 Å². The Bertz CT molecular complexity index is 698. The van der Waals surface area contributed by atoms with Crippen LogP contribution >= 0.6 is 24.0 Å². The fraction of sp³-hybridized carbons (Fsp3) is 0.500. The summed E-state index contributed by atoms with van der Waals surface area (Å²) in [5.74, 6) is 2.27. The maximum Gasteiger partial charge on any atom is 0.194 e. The Balaban J connectivity index is 0.00000338. The predicted octanol–water partition coefficient (Wildman–Crippen LogP) is 3.26. The molecule has 0 fully saturated rings. The molecule has 0 saturated carbocycles. The number of guanidine groups is 1. The molecule has 0 aliphatic heterocycles. The number of benzene rings is 1. The lowest BCUT2D eigenvalue weighted by Gasteiger charge is -2.22. The molecule has 0 bridgehead atoms. The molecule has 1 aromatic carbocycles. The average Bonchev–Trinajstić information content (AvgIpc) is 2.92. The summed E-state index contributed by atoms with van der Waals surface area (Å²) in [6, 6.07) is 6.54. The van der Waals surface area contributed by atoms with Gasteiger partial charge in [-0.3, -0.25) is 0 Å². The van der Waals surface area contributed by atoms with Crippen molar-refractivity contribution in [1.29, 1.82) is 0 Å². The molecule has 0 amide bonds. The number of aliphatic imine (C=N–C) groups is 1. The van der Waals surface area contributed by atoms with Crippen LogP contribution in [0.1, 0.15) is 37.0 Å². The largest absolute Gasteiger partial charge is 0.356 e. The van der Waals surface area contributed by atoms with Gasteiger partial charge in [0.1, 0.15) is 18.2 Å². The highest BCUT2D eigenvalue weighted by Gasteiger charge is 2.09. The molecule has 2 aromatic rings. The zero-order chi connectivity index (χ0) is 18.2. The summed E-state index contributed by atoms with van der Waals surface area (Å²) < 4.78 is 15.0. The van der Waals surface area contributed by atoms with E-state index in [9.17, 15) is 4.39 Å². The van der Waals surface area contributed by atoms with E-state index in [2.05, 4.69) is 27.4 Å². The van der Waals surface area contributed by atoms with Crippen LogP contribution in [0.2, 0.25) is 0 Å². The molecule has 0 saturated heterocycles. The highest BCUT2D eigenvalue weighted by atomic mass is 127. The van der Waals surface area contributed by atoms with Crippen molar-refractivity contribution in [3.05, 3.63) is 47.3 Å². The van der Waals surface area contributed by atoms with Gasteiger partial charge in [0, 0.05) is 27.2 Å². The summed E-state index contributed by atoms with van der Waals surface area (Å²) in [6.45, 7) is 6.04. The SMILES string of the molecule is CCCCNC(=NCc1nnc(C)n1C)N(C)Cc1ccc(F)cc1.I. The molecule has 0 spiro atoms. The van der Waals surface area contributed by atoms with Gasteiger partial charge in [0.2, 0.25) is 0 Å². The van der Waals surface area contributed by atoms with Gasteiger partial charge in [0.25, 0.3) is 0 Å². The third-order valence-corrected chi connectivity index (χ3v) is 4.06. The van der Waals surface area contributed by atoms with Crippen molar-refractivity contribution in [1.82, 2.24) is 25.0 Å². The van der Waals surface area contributed by atoms with Gasteiger partial charge in [0.15, 0.2) is 11.8 Å². The van der Waals surface area contributed by atoms with E-state index in [1.807, 2.05) is 30.5 Å². The fourth-order valence-electron chi connectivity index (χ4n) is 2.36. The Morgan fingerprint density at radius 3 is 2.54 bits per heavy atom. The second kappa shape index (κ2) is 11.1. The minimum atomic E-state index is -0.223. The first kappa shape index (κ1) is 22.3. The number of rotatable bonds is 7. The molecule has 144 valence electrons. The van der Waals surface area contributed by atoms with Crippen LogP contribution in [-0.4, -0.2) is 39.2 Å². The van der Waals surface area contributed by atoms with E-state index in [0.29, 0.717) is 13.1 Å². The van der Waals surface area contributed by atoms with Gasteiger partial charge in [-0.1, -0.05) is 25.5 Å². The van der Waals surface area contributed by atoms with Crippen LogP contribution in [0, 0.1) is 12.7 Å². The van der Waals surface area contributed by atoms with Gasteiger partial charge < -0.3 is 14.8 Å². The Hall–Kier alpha value is -1.71. The zero-order valence-corrected chi connectivity index (χ0v) is 18.2. The minimum Gasteiger partial charge on any atom is -0.356 e. The molecule has 26 heavy (non-hydrogen) atoms. The monoisotopic (exact) mass is 474 g/mol. The Kier molecular flexibility index (Phi) is 9.53. The summed E-state index contributed by atoms with van der Waals surface area (Å²) >= 11 is 0. The van der Waals surface area contributed by atoms with Crippen molar-refractivity contribution >= 4 is 29.9 Å². The van der Waals surface area contributed by atoms with E-state index >= 15 is 0 Å². The molecule has 0 aliphatic carbocycles. The summed E-state index contributed by atoms with van der Waals surface area (Å²) in [5.41, 5.74) is 1.03. The molecule has 0 unspecified atom stereocenters. The van der Waals surface area contributed by atoms with Gasteiger partial charge in [-0.2, -0.15) is 0 Å². The normalized spacial score (nSPS) is 11.2. The molecule has 1 heterocycles. The Morgan fingerprint density at radius 2 is 1.96 bits per heavy atom. The summed E-state index contributed by atoms with van der Waals surface area (Å²) in [7, 11) is 3.91. The number of hydrogen-bond acceptors (Lipinski definition) is 3. The van der Waals surface area contributed by atoms with Crippen LogP contribution in [-0.2, 0) is 20.1 Å². The summed E-state index contributed by atoms with van der Waals surface area (Å²) in [4.78, 5) is 6.72. The zero-order valence-electron chi connectivity index (χ0n) is 15.9.